The molecule has 0 aromatic heterocycles. The van der Waals surface area contributed by atoms with E-state index < -0.39 is 14.9 Å². The van der Waals surface area contributed by atoms with Gasteiger partial charge in [-0.2, -0.15) is 0 Å². The zero-order valence-electron chi connectivity index (χ0n) is 18.1. The highest BCUT2D eigenvalue weighted by molar-refractivity contribution is 7.92. The zero-order chi connectivity index (χ0) is 24.0. The van der Waals surface area contributed by atoms with E-state index in [1.807, 2.05) is 30.3 Å². The van der Waals surface area contributed by atoms with Crippen LogP contribution in [0.15, 0.2) is 119 Å². The van der Waals surface area contributed by atoms with Crippen molar-refractivity contribution >= 4 is 33.3 Å². The van der Waals surface area contributed by atoms with Crippen molar-refractivity contribution in [2.24, 2.45) is 4.99 Å². The maximum Gasteiger partial charge on any atom is 0.269 e. The summed E-state index contributed by atoms with van der Waals surface area (Å²) in [6.45, 7) is 0.184. The van der Waals surface area contributed by atoms with Crippen LogP contribution in [0.25, 0.3) is 0 Å². The van der Waals surface area contributed by atoms with Crippen LogP contribution < -0.4 is 4.31 Å². The van der Waals surface area contributed by atoms with Crippen molar-refractivity contribution in [2.45, 2.75) is 11.4 Å². The molecule has 0 unspecified atom stereocenters. The Morgan fingerprint density at radius 3 is 1.97 bits per heavy atom. The van der Waals surface area contributed by atoms with Gasteiger partial charge in [-0.15, -0.1) is 0 Å². The lowest BCUT2D eigenvalue weighted by atomic mass is 10.2. The number of rotatable bonds is 8. The third kappa shape index (κ3) is 5.36. The van der Waals surface area contributed by atoms with E-state index in [1.54, 1.807) is 72.9 Å². The lowest BCUT2D eigenvalue weighted by molar-refractivity contribution is -0.384. The maximum absolute atomic E-state index is 13.5. The summed E-state index contributed by atoms with van der Waals surface area (Å²) < 4.78 is 28.3. The number of benzene rings is 4. The summed E-state index contributed by atoms with van der Waals surface area (Å²) in [6, 6.07) is 30.7. The number of nitrogens with zero attached hydrogens (tertiary/aromatic N) is 3. The molecule has 4 rings (SSSR count). The number of hydrogen-bond acceptors (Lipinski definition) is 5. The first-order valence-corrected chi connectivity index (χ1v) is 11.9. The lowest BCUT2D eigenvalue weighted by Gasteiger charge is -2.25. The van der Waals surface area contributed by atoms with Crippen LogP contribution >= 0.6 is 0 Å². The Labute approximate surface area is 197 Å². The van der Waals surface area contributed by atoms with Crippen molar-refractivity contribution in [3.8, 4) is 0 Å². The Morgan fingerprint density at radius 2 is 1.38 bits per heavy atom. The molecule has 8 heteroatoms. The standard InChI is InChI=1S/C26H21N3O4S/c30-29(31)25-15-11-21(12-16-25)19-27-23-13-17-24(18-14-23)28(20-22-7-3-1-4-8-22)34(32,33)26-9-5-2-6-10-26/h1-19H,20H2. The minimum atomic E-state index is -3.79. The first-order valence-electron chi connectivity index (χ1n) is 10.4. The van der Waals surface area contributed by atoms with Gasteiger partial charge in [0, 0.05) is 18.3 Å². The second kappa shape index (κ2) is 10.1. The van der Waals surface area contributed by atoms with Crippen molar-refractivity contribution < 1.29 is 13.3 Å². The van der Waals surface area contributed by atoms with E-state index in [9.17, 15) is 18.5 Å². The molecule has 0 atom stereocenters. The summed E-state index contributed by atoms with van der Waals surface area (Å²) in [4.78, 5) is 14.9. The summed E-state index contributed by atoms with van der Waals surface area (Å²) in [7, 11) is -3.79. The van der Waals surface area contributed by atoms with Gasteiger partial charge in [0.25, 0.3) is 15.7 Å². The fourth-order valence-corrected chi connectivity index (χ4v) is 4.79. The molecular weight excluding hydrogens is 450 g/mol. The van der Waals surface area contributed by atoms with Crippen molar-refractivity contribution in [2.75, 3.05) is 4.31 Å². The molecule has 7 nitrogen and oxygen atoms in total. The van der Waals surface area contributed by atoms with Crippen molar-refractivity contribution in [1.29, 1.82) is 0 Å². The van der Waals surface area contributed by atoms with Gasteiger partial charge in [0.2, 0.25) is 0 Å². The normalized spacial score (nSPS) is 11.4. The lowest BCUT2D eigenvalue weighted by Crippen LogP contribution is -2.30. The Kier molecular flexibility index (Phi) is 6.79. The molecule has 0 spiro atoms. The fourth-order valence-electron chi connectivity index (χ4n) is 3.32. The summed E-state index contributed by atoms with van der Waals surface area (Å²) in [5.41, 5.74) is 2.73. The fraction of sp³-hybridized carbons (Fsp3) is 0.0385. The van der Waals surface area contributed by atoms with E-state index in [2.05, 4.69) is 4.99 Å². The second-order valence-electron chi connectivity index (χ2n) is 7.43. The number of aliphatic imine (C=N–C) groups is 1. The molecule has 4 aromatic carbocycles. The average Bonchev–Trinajstić information content (AvgIpc) is 2.88. The van der Waals surface area contributed by atoms with Gasteiger partial charge in [-0.25, -0.2) is 8.42 Å². The van der Waals surface area contributed by atoms with Gasteiger partial charge < -0.3 is 0 Å². The van der Waals surface area contributed by atoms with E-state index in [0.29, 0.717) is 16.9 Å². The SMILES string of the molecule is O=[N+]([O-])c1ccc(C=Nc2ccc(N(Cc3ccccc3)S(=O)(=O)c3ccccc3)cc2)cc1. The van der Waals surface area contributed by atoms with Gasteiger partial charge in [0.1, 0.15) is 0 Å². The molecule has 4 aromatic rings. The number of non-ortho nitro benzene ring substituents is 1. The number of sulfonamides is 1. The third-order valence-corrected chi connectivity index (χ3v) is 6.89. The van der Waals surface area contributed by atoms with Crippen molar-refractivity contribution in [3.63, 3.8) is 0 Å². The number of nitro groups is 1. The smallest absolute Gasteiger partial charge is 0.262 e. The van der Waals surface area contributed by atoms with Gasteiger partial charge in [-0.05, 0) is 59.7 Å². The summed E-state index contributed by atoms with van der Waals surface area (Å²) in [5.74, 6) is 0. The summed E-state index contributed by atoms with van der Waals surface area (Å²) >= 11 is 0. The number of hydrogen-bond donors (Lipinski definition) is 0. The molecule has 0 radical (unpaired) electrons. The van der Waals surface area contributed by atoms with Crippen LogP contribution in [-0.4, -0.2) is 19.6 Å². The molecule has 0 aliphatic rings. The molecule has 0 saturated heterocycles. The van der Waals surface area contributed by atoms with E-state index in [4.69, 9.17) is 0 Å². The Balaban J connectivity index is 1.61. The largest absolute Gasteiger partial charge is 0.269 e. The molecule has 0 N–H and O–H groups in total. The third-order valence-electron chi connectivity index (χ3n) is 5.10. The van der Waals surface area contributed by atoms with Crippen LogP contribution in [-0.2, 0) is 16.6 Å². The van der Waals surface area contributed by atoms with Gasteiger partial charge in [0.05, 0.1) is 27.7 Å². The van der Waals surface area contributed by atoms with Crippen LogP contribution in [0, 0.1) is 10.1 Å². The van der Waals surface area contributed by atoms with Crippen molar-refractivity contribution in [3.05, 3.63) is 130 Å². The highest BCUT2D eigenvalue weighted by atomic mass is 32.2. The van der Waals surface area contributed by atoms with Gasteiger partial charge in [-0.1, -0.05) is 48.5 Å². The molecule has 0 aliphatic heterocycles. The second-order valence-corrected chi connectivity index (χ2v) is 9.30. The van der Waals surface area contributed by atoms with Crippen LogP contribution in [0.3, 0.4) is 0 Å². The Hall–Kier alpha value is -4.30. The van der Waals surface area contributed by atoms with Gasteiger partial charge >= 0.3 is 0 Å². The summed E-state index contributed by atoms with van der Waals surface area (Å²) in [5, 5.41) is 10.8. The quantitative estimate of drug-likeness (QED) is 0.186. The molecule has 0 aliphatic carbocycles. The van der Waals surface area contributed by atoms with Crippen molar-refractivity contribution in [1.82, 2.24) is 0 Å². The Bertz CT molecular complexity index is 1390. The molecule has 34 heavy (non-hydrogen) atoms. The van der Waals surface area contributed by atoms with E-state index in [0.717, 1.165) is 5.56 Å². The number of anilines is 1. The monoisotopic (exact) mass is 471 g/mol. The van der Waals surface area contributed by atoms with Crippen LogP contribution in [0.1, 0.15) is 11.1 Å². The molecular formula is C26H21N3O4S. The van der Waals surface area contributed by atoms with E-state index in [1.165, 1.54) is 16.4 Å². The maximum atomic E-state index is 13.5. The molecule has 0 saturated carbocycles. The highest BCUT2D eigenvalue weighted by Crippen LogP contribution is 2.28. The first-order chi connectivity index (χ1) is 16.4. The van der Waals surface area contributed by atoms with Crippen LogP contribution in [0.5, 0.6) is 0 Å². The minimum absolute atomic E-state index is 0.0136. The minimum Gasteiger partial charge on any atom is -0.262 e. The van der Waals surface area contributed by atoms with Gasteiger partial charge in [0.15, 0.2) is 0 Å². The van der Waals surface area contributed by atoms with E-state index in [-0.39, 0.29) is 17.1 Å². The zero-order valence-corrected chi connectivity index (χ0v) is 18.9. The molecule has 0 amide bonds. The molecule has 0 fully saturated rings. The van der Waals surface area contributed by atoms with E-state index >= 15 is 0 Å². The average molecular weight is 472 g/mol. The topological polar surface area (TPSA) is 92.9 Å². The predicted molar refractivity (Wildman–Crippen MR) is 133 cm³/mol. The van der Waals surface area contributed by atoms with Gasteiger partial charge in [-0.3, -0.25) is 19.4 Å². The summed E-state index contributed by atoms with van der Waals surface area (Å²) in [6.07, 6.45) is 1.60. The van der Waals surface area contributed by atoms with Crippen LogP contribution in [0.2, 0.25) is 0 Å². The first kappa shape index (κ1) is 22.9. The Morgan fingerprint density at radius 1 is 0.794 bits per heavy atom. The highest BCUT2D eigenvalue weighted by Gasteiger charge is 2.25. The molecule has 0 heterocycles. The number of nitro benzene ring substituents is 1. The molecule has 0 bridgehead atoms. The molecule has 170 valence electrons. The predicted octanol–water partition coefficient (Wildman–Crippen LogP) is 5.74. The van der Waals surface area contributed by atoms with Crippen LogP contribution in [0.4, 0.5) is 17.1 Å².